The summed E-state index contributed by atoms with van der Waals surface area (Å²) in [7, 11) is 0. The number of benzene rings is 1. The third kappa shape index (κ3) is 7.04. The Bertz CT molecular complexity index is 1170. The Morgan fingerprint density at radius 1 is 1.21 bits per heavy atom. The number of rotatable bonds is 8. The van der Waals surface area contributed by atoms with Gasteiger partial charge >= 0.3 is 0 Å². The molecule has 0 aliphatic carbocycles. The second kappa shape index (κ2) is 12.1. The summed E-state index contributed by atoms with van der Waals surface area (Å²) < 4.78 is 0. The summed E-state index contributed by atoms with van der Waals surface area (Å²) in [6.07, 6.45) is 0.654. The molecule has 3 heterocycles. The number of nitrogens with zero attached hydrogens (tertiary/aromatic N) is 2. The molecule has 4 rings (SSSR count). The highest BCUT2D eigenvalue weighted by atomic mass is 32.1. The van der Waals surface area contributed by atoms with Crippen molar-refractivity contribution in [3.63, 3.8) is 0 Å². The minimum atomic E-state index is -0.810. The van der Waals surface area contributed by atoms with Gasteiger partial charge in [0.2, 0.25) is 17.7 Å². The van der Waals surface area contributed by atoms with Crippen LogP contribution in [0.3, 0.4) is 0 Å². The fourth-order valence-corrected chi connectivity index (χ4v) is 6.20. The van der Waals surface area contributed by atoms with Crippen molar-refractivity contribution in [2.75, 3.05) is 19.6 Å². The SMILES string of the molecule is Cc1ncsc1-c1ccc([C@H](C)NC(=O)[C@@H]2C[C@@H](O)CN2C(=O)[C@@H](NC(=O)C[C@@H]2CCNC2)C(C)(C)C)cc1. The summed E-state index contributed by atoms with van der Waals surface area (Å²) >= 11 is 1.59. The van der Waals surface area contributed by atoms with E-state index in [0.717, 1.165) is 41.2 Å². The average Bonchev–Trinajstić information content (AvgIpc) is 3.63. The second-order valence-corrected chi connectivity index (χ2v) is 12.8. The molecular formula is C29H41N5O4S. The van der Waals surface area contributed by atoms with Gasteiger partial charge in [0.1, 0.15) is 12.1 Å². The molecule has 3 amide bonds. The van der Waals surface area contributed by atoms with Crippen molar-refractivity contribution in [3.8, 4) is 10.4 Å². The van der Waals surface area contributed by atoms with Crippen LogP contribution in [0.1, 0.15) is 64.3 Å². The number of nitrogens with one attached hydrogen (secondary N) is 3. The van der Waals surface area contributed by atoms with Gasteiger partial charge in [-0.15, -0.1) is 11.3 Å². The highest BCUT2D eigenvalue weighted by molar-refractivity contribution is 7.13. The van der Waals surface area contributed by atoms with E-state index in [2.05, 4.69) is 20.9 Å². The molecule has 39 heavy (non-hydrogen) atoms. The quantitative estimate of drug-likeness (QED) is 0.397. The molecule has 0 bridgehead atoms. The normalized spacial score (nSPS) is 22.9. The van der Waals surface area contributed by atoms with Gasteiger partial charge in [-0.05, 0) is 55.8 Å². The third-order valence-electron chi connectivity index (χ3n) is 7.70. The van der Waals surface area contributed by atoms with Crippen molar-refractivity contribution in [3.05, 3.63) is 41.0 Å². The lowest BCUT2D eigenvalue weighted by atomic mass is 9.85. The van der Waals surface area contributed by atoms with Gasteiger partial charge in [0.25, 0.3) is 0 Å². The van der Waals surface area contributed by atoms with E-state index in [-0.39, 0.29) is 42.6 Å². The summed E-state index contributed by atoms with van der Waals surface area (Å²) in [5, 5.41) is 19.7. The second-order valence-electron chi connectivity index (χ2n) is 11.9. The first-order valence-electron chi connectivity index (χ1n) is 13.7. The molecule has 9 nitrogen and oxygen atoms in total. The van der Waals surface area contributed by atoms with Crippen molar-refractivity contribution >= 4 is 29.1 Å². The number of aliphatic hydroxyl groups is 1. The van der Waals surface area contributed by atoms with Gasteiger partial charge in [-0.3, -0.25) is 14.4 Å². The van der Waals surface area contributed by atoms with Gasteiger partial charge in [0.15, 0.2) is 0 Å². The smallest absolute Gasteiger partial charge is 0.246 e. The fraction of sp³-hybridized carbons (Fsp3) is 0.586. The lowest BCUT2D eigenvalue weighted by Crippen LogP contribution is -2.58. The first kappa shape index (κ1) is 29.2. The standard InChI is InChI=1S/C29H41N5O4S/c1-17(20-6-8-21(9-7-20)25-18(2)31-16-39-25)32-27(37)23-13-22(35)15-34(23)28(38)26(29(3,4)5)33-24(36)12-19-10-11-30-14-19/h6-9,16-17,19,22-23,26,30,35H,10-15H2,1-5H3,(H,32,37)(H,33,36)/t17-,19-,22+,23-,26+/m0/s1. The van der Waals surface area contributed by atoms with E-state index in [1.54, 1.807) is 11.3 Å². The largest absolute Gasteiger partial charge is 0.391 e. The summed E-state index contributed by atoms with van der Waals surface area (Å²) in [5.41, 5.74) is 4.26. The van der Waals surface area contributed by atoms with Gasteiger partial charge in [-0.1, -0.05) is 45.0 Å². The van der Waals surface area contributed by atoms with E-state index in [1.165, 1.54) is 4.90 Å². The molecule has 2 aromatic rings. The number of carbonyl (C=O) groups is 3. The topological polar surface area (TPSA) is 124 Å². The van der Waals surface area contributed by atoms with Crippen LogP contribution in [0.2, 0.25) is 0 Å². The van der Waals surface area contributed by atoms with E-state index >= 15 is 0 Å². The zero-order valence-corrected chi connectivity index (χ0v) is 24.3. The van der Waals surface area contributed by atoms with E-state index in [1.807, 2.05) is 64.4 Å². The number of hydrogen-bond donors (Lipinski definition) is 4. The summed E-state index contributed by atoms with van der Waals surface area (Å²) in [4.78, 5) is 46.9. The fourth-order valence-electron chi connectivity index (χ4n) is 5.39. The highest BCUT2D eigenvalue weighted by Crippen LogP contribution is 2.29. The molecule has 212 valence electrons. The number of thiazole rings is 1. The number of aryl methyl sites for hydroxylation is 1. The van der Waals surface area contributed by atoms with Crippen molar-refractivity contribution in [2.24, 2.45) is 11.3 Å². The number of likely N-dealkylation sites (tertiary alicyclic amines) is 1. The van der Waals surface area contributed by atoms with Crippen LogP contribution in [0.5, 0.6) is 0 Å². The summed E-state index contributed by atoms with van der Waals surface area (Å²) in [5.74, 6) is -0.558. The molecule has 0 unspecified atom stereocenters. The molecule has 2 aliphatic rings. The van der Waals surface area contributed by atoms with E-state index < -0.39 is 23.6 Å². The molecular weight excluding hydrogens is 514 g/mol. The number of aliphatic hydroxyl groups excluding tert-OH is 1. The average molecular weight is 556 g/mol. The van der Waals surface area contributed by atoms with E-state index in [4.69, 9.17) is 0 Å². The predicted octanol–water partition coefficient (Wildman–Crippen LogP) is 2.79. The van der Waals surface area contributed by atoms with Gasteiger partial charge in [-0.25, -0.2) is 4.98 Å². The zero-order valence-electron chi connectivity index (χ0n) is 23.5. The van der Waals surface area contributed by atoms with Crippen molar-refractivity contribution < 1.29 is 19.5 Å². The Kier molecular flexibility index (Phi) is 9.08. The maximum absolute atomic E-state index is 13.8. The van der Waals surface area contributed by atoms with E-state index in [0.29, 0.717) is 6.42 Å². The molecule has 1 aromatic carbocycles. The Morgan fingerprint density at radius 3 is 2.51 bits per heavy atom. The van der Waals surface area contributed by atoms with Crippen molar-refractivity contribution in [1.29, 1.82) is 0 Å². The van der Waals surface area contributed by atoms with Crippen LogP contribution in [0.4, 0.5) is 0 Å². The Morgan fingerprint density at radius 2 is 1.92 bits per heavy atom. The number of amides is 3. The number of hydrogen-bond acceptors (Lipinski definition) is 7. The third-order valence-corrected chi connectivity index (χ3v) is 8.67. The van der Waals surface area contributed by atoms with Crippen LogP contribution < -0.4 is 16.0 Å². The van der Waals surface area contributed by atoms with Crippen molar-refractivity contribution in [2.45, 2.75) is 78.1 Å². The number of carbonyl (C=O) groups excluding carboxylic acids is 3. The maximum Gasteiger partial charge on any atom is 0.246 e. The molecule has 2 aliphatic heterocycles. The van der Waals surface area contributed by atoms with Gasteiger partial charge < -0.3 is 26.0 Å². The lowest BCUT2D eigenvalue weighted by Gasteiger charge is -2.35. The molecule has 4 N–H and O–H groups in total. The molecule has 0 saturated carbocycles. The summed E-state index contributed by atoms with van der Waals surface area (Å²) in [6.45, 7) is 11.3. The number of β-amino-alcohol motifs (C(OH)–C–C–N with tert-alkyl or cyclic N) is 1. The van der Waals surface area contributed by atoms with Gasteiger partial charge in [0, 0.05) is 19.4 Å². The number of aromatic nitrogens is 1. The maximum atomic E-state index is 13.8. The molecule has 10 heteroatoms. The molecule has 0 spiro atoms. The molecule has 5 atom stereocenters. The van der Waals surface area contributed by atoms with Crippen LogP contribution in [-0.4, -0.2) is 70.5 Å². The van der Waals surface area contributed by atoms with Crippen LogP contribution in [0, 0.1) is 18.3 Å². The van der Waals surface area contributed by atoms with E-state index in [9.17, 15) is 19.5 Å². The van der Waals surface area contributed by atoms with Crippen LogP contribution in [0.25, 0.3) is 10.4 Å². The minimum absolute atomic E-state index is 0.0587. The Balaban J connectivity index is 1.43. The molecule has 1 aromatic heterocycles. The first-order valence-corrected chi connectivity index (χ1v) is 14.6. The van der Waals surface area contributed by atoms with Crippen LogP contribution in [-0.2, 0) is 14.4 Å². The van der Waals surface area contributed by atoms with Gasteiger partial charge in [0.05, 0.1) is 28.2 Å². The van der Waals surface area contributed by atoms with Crippen LogP contribution in [0.15, 0.2) is 29.8 Å². The van der Waals surface area contributed by atoms with Crippen LogP contribution >= 0.6 is 11.3 Å². The monoisotopic (exact) mass is 555 g/mol. The Labute approximate surface area is 234 Å². The van der Waals surface area contributed by atoms with Crippen molar-refractivity contribution in [1.82, 2.24) is 25.8 Å². The van der Waals surface area contributed by atoms with Gasteiger partial charge in [-0.2, -0.15) is 0 Å². The minimum Gasteiger partial charge on any atom is -0.391 e. The molecule has 2 fully saturated rings. The highest BCUT2D eigenvalue weighted by Gasteiger charge is 2.44. The first-order chi connectivity index (χ1) is 18.4. The lowest BCUT2D eigenvalue weighted by molar-refractivity contribution is -0.144. The summed E-state index contributed by atoms with van der Waals surface area (Å²) in [6, 6.07) is 6.10. The molecule has 0 radical (unpaired) electrons. The molecule has 2 saturated heterocycles. The zero-order chi connectivity index (χ0) is 28.3. The Hall–Kier alpha value is -2.82. The predicted molar refractivity (Wildman–Crippen MR) is 152 cm³/mol.